The van der Waals surface area contributed by atoms with Crippen molar-refractivity contribution >= 4 is 11.0 Å². The Kier molecular flexibility index (Phi) is 5.78. The highest BCUT2D eigenvalue weighted by Crippen LogP contribution is 2.20. The summed E-state index contributed by atoms with van der Waals surface area (Å²) in [6.07, 6.45) is 1.42. The Morgan fingerprint density at radius 2 is 1.88 bits per heavy atom. The van der Waals surface area contributed by atoms with E-state index in [1.807, 2.05) is 36.4 Å². The van der Waals surface area contributed by atoms with Crippen LogP contribution in [0.1, 0.15) is 19.2 Å². The first-order valence-electron chi connectivity index (χ1n) is 9.05. The van der Waals surface area contributed by atoms with Gasteiger partial charge in [0.25, 0.3) is 5.82 Å². The summed E-state index contributed by atoms with van der Waals surface area (Å²) in [5, 5.41) is 10.6. The van der Waals surface area contributed by atoms with Gasteiger partial charge in [0.15, 0.2) is 11.0 Å². The number of methoxy groups -OCH3 is 1. The van der Waals surface area contributed by atoms with Crippen LogP contribution in [-0.2, 0) is 20.0 Å². The highest BCUT2D eigenvalue weighted by Gasteiger charge is 2.23. The number of aliphatic hydroxyl groups excluding tert-OH is 1. The van der Waals surface area contributed by atoms with E-state index in [0.29, 0.717) is 12.3 Å². The first-order chi connectivity index (χ1) is 12.6. The second kappa shape index (κ2) is 8.23. The normalized spacial score (nSPS) is 12.3. The van der Waals surface area contributed by atoms with Gasteiger partial charge in [-0.05, 0) is 30.7 Å². The van der Waals surface area contributed by atoms with Crippen LogP contribution in [0.25, 0.3) is 11.0 Å². The third-order valence-electron chi connectivity index (χ3n) is 4.58. The number of fused-ring (bicyclic) bond motifs is 1. The maximum absolute atomic E-state index is 10.6. The lowest BCUT2D eigenvalue weighted by atomic mass is 10.3. The van der Waals surface area contributed by atoms with Gasteiger partial charge in [0, 0.05) is 12.5 Å². The summed E-state index contributed by atoms with van der Waals surface area (Å²) < 4.78 is 15.4. The average Bonchev–Trinajstić information content (AvgIpc) is 2.93. The molecule has 0 saturated carbocycles. The van der Waals surface area contributed by atoms with E-state index in [1.54, 1.807) is 7.11 Å². The molecule has 0 fully saturated rings. The van der Waals surface area contributed by atoms with Crippen LogP contribution in [0.4, 0.5) is 0 Å². The summed E-state index contributed by atoms with van der Waals surface area (Å²) in [7, 11) is 3.71. The molecular formula is C21H27N2O3+. The summed E-state index contributed by atoms with van der Waals surface area (Å²) in [4.78, 5) is 0. The van der Waals surface area contributed by atoms with E-state index in [4.69, 9.17) is 9.47 Å². The highest BCUT2D eigenvalue weighted by molar-refractivity contribution is 5.72. The van der Waals surface area contributed by atoms with E-state index in [9.17, 15) is 5.11 Å². The van der Waals surface area contributed by atoms with Crippen molar-refractivity contribution in [2.75, 3.05) is 13.7 Å². The molecule has 0 aliphatic rings. The second-order valence-corrected chi connectivity index (χ2v) is 6.47. The number of rotatable bonds is 8. The van der Waals surface area contributed by atoms with Crippen LogP contribution >= 0.6 is 0 Å². The van der Waals surface area contributed by atoms with Gasteiger partial charge in [-0.25, -0.2) is 9.13 Å². The molecular weight excluding hydrogens is 328 g/mol. The fourth-order valence-electron chi connectivity index (χ4n) is 3.31. The molecule has 0 unspecified atom stereocenters. The average molecular weight is 355 g/mol. The fourth-order valence-corrected chi connectivity index (χ4v) is 3.31. The van der Waals surface area contributed by atoms with E-state index in [1.165, 1.54) is 11.3 Å². The third-order valence-corrected chi connectivity index (χ3v) is 4.58. The van der Waals surface area contributed by atoms with Crippen molar-refractivity contribution in [3.8, 4) is 11.5 Å². The van der Waals surface area contributed by atoms with Crippen molar-refractivity contribution < 1.29 is 19.1 Å². The number of hydrogen-bond donors (Lipinski definition) is 1. The Labute approximate surface area is 154 Å². The van der Waals surface area contributed by atoms with Crippen LogP contribution in [-0.4, -0.2) is 29.5 Å². The first kappa shape index (κ1) is 18.3. The number of para-hydroxylation sites is 2. The lowest BCUT2D eigenvalue weighted by Crippen LogP contribution is -2.34. The molecule has 26 heavy (non-hydrogen) atoms. The lowest BCUT2D eigenvalue weighted by Gasteiger charge is -2.12. The Morgan fingerprint density at radius 3 is 2.65 bits per heavy atom. The molecule has 0 saturated heterocycles. The molecule has 0 amide bonds. The lowest BCUT2D eigenvalue weighted by molar-refractivity contribution is -0.654. The predicted molar refractivity (Wildman–Crippen MR) is 102 cm³/mol. The molecule has 2 aromatic carbocycles. The van der Waals surface area contributed by atoms with E-state index < -0.39 is 6.10 Å². The van der Waals surface area contributed by atoms with Crippen molar-refractivity contribution in [2.45, 2.75) is 32.4 Å². The van der Waals surface area contributed by atoms with Crippen molar-refractivity contribution in [2.24, 2.45) is 7.05 Å². The molecule has 1 aromatic heterocycles. The summed E-state index contributed by atoms with van der Waals surface area (Å²) in [6.45, 7) is 2.90. The zero-order valence-corrected chi connectivity index (χ0v) is 15.7. The molecule has 138 valence electrons. The Bertz CT molecular complexity index is 873. The maximum Gasteiger partial charge on any atom is 0.257 e. The predicted octanol–water partition coefficient (Wildman–Crippen LogP) is 2.87. The SMILES string of the molecule is CCCc1n(C[C@H](O)COc2cccc(OC)c2)c2ccccc2[n+]1C. The molecule has 1 N–H and O–H groups in total. The summed E-state index contributed by atoms with van der Waals surface area (Å²) in [5.41, 5.74) is 2.32. The summed E-state index contributed by atoms with van der Waals surface area (Å²) >= 11 is 0. The zero-order valence-electron chi connectivity index (χ0n) is 15.7. The molecule has 0 aliphatic heterocycles. The van der Waals surface area contributed by atoms with Crippen LogP contribution in [0.15, 0.2) is 48.5 Å². The third kappa shape index (κ3) is 3.83. The number of ether oxygens (including phenoxy) is 2. The molecule has 5 nitrogen and oxygen atoms in total. The molecule has 3 rings (SSSR count). The number of nitrogens with zero attached hydrogens (tertiary/aromatic N) is 2. The van der Waals surface area contributed by atoms with Gasteiger partial charge >= 0.3 is 0 Å². The van der Waals surface area contributed by atoms with Crippen molar-refractivity contribution in [1.82, 2.24) is 4.57 Å². The van der Waals surface area contributed by atoms with Gasteiger partial charge in [-0.15, -0.1) is 0 Å². The first-order valence-corrected chi connectivity index (χ1v) is 9.05. The van der Waals surface area contributed by atoms with Crippen molar-refractivity contribution in [3.63, 3.8) is 0 Å². The molecule has 1 heterocycles. The van der Waals surface area contributed by atoms with E-state index in [-0.39, 0.29) is 6.61 Å². The highest BCUT2D eigenvalue weighted by atomic mass is 16.5. The molecule has 0 spiro atoms. The zero-order chi connectivity index (χ0) is 18.5. The number of aromatic nitrogens is 2. The van der Waals surface area contributed by atoms with Crippen LogP contribution in [0.5, 0.6) is 11.5 Å². The number of hydrogen-bond acceptors (Lipinski definition) is 3. The topological polar surface area (TPSA) is 47.5 Å². The van der Waals surface area contributed by atoms with Crippen LogP contribution in [0, 0.1) is 0 Å². The number of benzene rings is 2. The van der Waals surface area contributed by atoms with Gasteiger partial charge in [0.05, 0.1) is 14.2 Å². The van der Waals surface area contributed by atoms with Crippen molar-refractivity contribution in [3.05, 3.63) is 54.4 Å². The van der Waals surface area contributed by atoms with Crippen LogP contribution in [0.2, 0.25) is 0 Å². The number of aryl methyl sites for hydroxylation is 1. The summed E-state index contributed by atoms with van der Waals surface area (Å²) in [6, 6.07) is 15.7. The molecule has 3 aromatic rings. The summed E-state index contributed by atoms with van der Waals surface area (Å²) in [5.74, 6) is 2.65. The number of imidazole rings is 1. The van der Waals surface area contributed by atoms with Gasteiger partial charge in [-0.3, -0.25) is 0 Å². The molecule has 0 bridgehead atoms. The molecule has 5 heteroatoms. The van der Waals surface area contributed by atoms with Gasteiger partial charge < -0.3 is 14.6 Å². The minimum absolute atomic E-state index is 0.231. The van der Waals surface area contributed by atoms with Gasteiger partial charge in [0.2, 0.25) is 0 Å². The standard InChI is InChI=1S/C21H27N2O3/c1-4-8-21-22(2)19-11-5-6-12-20(19)23(21)14-16(24)15-26-18-10-7-9-17(13-18)25-3/h5-7,9-13,16,24H,4,8,14-15H2,1-3H3/q+1/t16-/m0/s1. The smallest absolute Gasteiger partial charge is 0.257 e. The van der Waals surface area contributed by atoms with Gasteiger partial charge in [-0.2, -0.15) is 0 Å². The van der Waals surface area contributed by atoms with Crippen LogP contribution in [0.3, 0.4) is 0 Å². The molecule has 0 radical (unpaired) electrons. The number of aliphatic hydroxyl groups is 1. The van der Waals surface area contributed by atoms with E-state index in [0.717, 1.165) is 24.1 Å². The second-order valence-electron chi connectivity index (χ2n) is 6.47. The Hall–Kier alpha value is -2.53. The Morgan fingerprint density at radius 1 is 1.12 bits per heavy atom. The monoisotopic (exact) mass is 355 g/mol. The fraction of sp³-hybridized carbons (Fsp3) is 0.381. The largest absolute Gasteiger partial charge is 0.497 e. The van der Waals surface area contributed by atoms with E-state index >= 15 is 0 Å². The quantitative estimate of drug-likeness (QED) is 0.632. The minimum Gasteiger partial charge on any atom is -0.497 e. The van der Waals surface area contributed by atoms with Gasteiger partial charge in [-0.1, -0.05) is 25.1 Å². The van der Waals surface area contributed by atoms with Crippen LogP contribution < -0.4 is 14.0 Å². The molecule has 0 aliphatic carbocycles. The van der Waals surface area contributed by atoms with Gasteiger partial charge in [0.1, 0.15) is 30.8 Å². The van der Waals surface area contributed by atoms with Crippen molar-refractivity contribution in [1.29, 1.82) is 0 Å². The minimum atomic E-state index is -0.604. The maximum atomic E-state index is 10.6. The molecule has 1 atom stereocenters. The Balaban J connectivity index is 1.76. The van der Waals surface area contributed by atoms with E-state index in [2.05, 4.69) is 35.2 Å².